The zero-order valence-electron chi connectivity index (χ0n) is 17.2. The summed E-state index contributed by atoms with van der Waals surface area (Å²) in [7, 11) is 0. The van der Waals surface area contributed by atoms with Gasteiger partial charge in [-0.15, -0.1) is 0 Å². The number of anilines is 1. The Labute approximate surface area is 182 Å². The Morgan fingerprint density at radius 2 is 1.84 bits per heavy atom. The number of nitrogens with zero attached hydrogens (tertiary/aromatic N) is 1. The number of H-pyrrole nitrogens is 1. The molecule has 2 N–H and O–H groups in total. The van der Waals surface area contributed by atoms with E-state index in [4.69, 9.17) is 9.15 Å². The monoisotopic (exact) mass is 425 g/mol. The van der Waals surface area contributed by atoms with Crippen molar-refractivity contribution in [2.45, 2.75) is 6.92 Å². The maximum absolute atomic E-state index is 12.4. The van der Waals surface area contributed by atoms with Gasteiger partial charge in [0.15, 0.2) is 6.61 Å². The number of nitrogens with one attached hydrogen (secondary N) is 2. The lowest BCUT2D eigenvalue weighted by Gasteiger charge is -2.12. The number of carbonyl (C=O) groups excluding carboxylic acids is 1. The highest BCUT2D eigenvalue weighted by molar-refractivity contribution is 5.96. The van der Waals surface area contributed by atoms with Gasteiger partial charge in [-0.05, 0) is 42.3 Å². The summed E-state index contributed by atoms with van der Waals surface area (Å²) in [4.78, 5) is 31.9. The third-order valence-electron chi connectivity index (χ3n) is 5.20. The fourth-order valence-electron chi connectivity index (χ4n) is 3.68. The van der Waals surface area contributed by atoms with E-state index in [1.807, 2.05) is 60.7 Å². The second kappa shape index (κ2) is 8.03. The molecule has 158 valence electrons. The smallest absolute Gasteiger partial charge is 0.336 e. The van der Waals surface area contributed by atoms with E-state index in [0.29, 0.717) is 22.8 Å². The van der Waals surface area contributed by atoms with Crippen LogP contribution in [0.4, 0.5) is 5.95 Å². The van der Waals surface area contributed by atoms with Gasteiger partial charge in [0.25, 0.3) is 5.91 Å². The van der Waals surface area contributed by atoms with Crippen molar-refractivity contribution in [1.82, 2.24) is 9.97 Å². The Balaban J connectivity index is 1.38. The Bertz CT molecular complexity index is 1470. The largest absolute Gasteiger partial charge is 0.483 e. The quantitative estimate of drug-likeness (QED) is 0.399. The number of benzene rings is 3. The number of aryl methyl sites for hydroxylation is 1. The van der Waals surface area contributed by atoms with Gasteiger partial charge in [-0.2, -0.15) is 0 Å². The van der Waals surface area contributed by atoms with Crippen molar-refractivity contribution in [3.63, 3.8) is 0 Å². The maximum atomic E-state index is 12.4. The van der Waals surface area contributed by atoms with Crippen molar-refractivity contribution in [2.24, 2.45) is 0 Å². The van der Waals surface area contributed by atoms with Crippen LogP contribution in [0.5, 0.6) is 5.75 Å². The standard InChI is InChI=1S/C25H19N3O4/c1-15-21(31-14-22(29)28-25-26-19-9-5-6-10-20(19)27-25)12-11-17-18(13-23(30)32-24(15)17)16-7-3-2-4-8-16/h2-13H,14H2,1H3,(H2,26,27,28,29). The summed E-state index contributed by atoms with van der Waals surface area (Å²) in [6, 6.07) is 22.2. The number of ether oxygens (including phenoxy) is 1. The Hall–Kier alpha value is -4.39. The van der Waals surface area contributed by atoms with Crippen molar-refractivity contribution >= 4 is 33.9 Å². The lowest BCUT2D eigenvalue weighted by molar-refractivity contribution is -0.118. The van der Waals surface area contributed by atoms with Crippen LogP contribution in [-0.2, 0) is 4.79 Å². The molecule has 0 atom stereocenters. The molecule has 5 rings (SSSR count). The third kappa shape index (κ3) is 3.72. The van der Waals surface area contributed by atoms with Gasteiger partial charge < -0.3 is 14.1 Å². The number of para-hydroxylation sites is 2. The van der Waals surface area contributed by atoms with E-state index in [9.17, 15) is 9.59 Å². The predicted octanol–water partition coefficient (Wildman–Crippen LogP) is 4.66. The molecule has 0 fully saturated rings. The summed E-state index contributed by atoms with van der Waals surface area (Å²) in [6.45, 7) is 1.58. The van der Waals surface area contributed by atoms with Crippen LogP contribution in [0.15, 0.2) is 82.0 Å². The summed E-state index contributed by atoms with van der Waals surface area (Å²) < 4.78 is 11.2. The van der Waals surface area contributed by atoms with E-state index in [1.54, 1.807) is 13.0 Å². The molecule has 0 spiro atoms. The first kappa shape index (κ1) is 19.6. The van der Waals surface area contributed by atoms with Gasteiger partial charge in [-0.25, -0.2) is 9.78 Å². The van der Waals surface area contributed by atoms with Gasteiger partial charge in [-0.3, -0.25) is 10.1 Å². The second-order valence-corrected chi connectivity index (χ2v) is 7.35. The zero-order valence-corrected chi connectivity index (χ0v) is 17.2. The van der Waals surface area contributed by atoms with Crippen molar-refractivity contribution in [3.05, 3.63) is 88.8 Å². The topological polar surface area (TPSA) is 97.2 Å². The van der Waals surface area contributed by atoms with E-state index in [0.717, 1.165) is 27.5 Å². The summed E-state index contributed by atoms with van der Waals surface area (Å²) in [5.74, 6) is 0.460. The van der Waals surface area contributed by atoms with Crippen molar-refractivity contribution in [1.29, 1.82) is 0 Å². The minimum atomic E-state index is -0.445. The maximum Gasteiger partial charge on any atom is 0.336 e. The summed E-state index contributed by atoms with van der Waals surface area (Å²) in [5, 5.41) is 3.49. The minimum Gasteiger partial charge on any atom is -0.483 e. The van der Waals surface area contributed by atoms with Crippen LogP contribution in [-0.4, -0.2) is 22.5 Å². The molecular formula is C25H19N3O4. The molecule has 7 nitrogen and oxygen atoms in total. The van der Waals surface area contributed by atoms with Crippen LogP contribution in [0, 0.1) is 6.92 Å². The molecule has 32 heavy (non-hydrogen) atoms. The van der Waals surface area contributed by atoms with Crippen LogP contribution in [0.2, 0.25) is 0 Å². The molecule has 1 amide bonds. The number of fused-ring (bicyclic) bond motifs is 2. The molecule has 0 aliphatic carbocycles. The fraction of sp³-hybridized carbons (Fsp3) is 0.0800. The normalized spacial score (nSPS) is 11.0. The molecule has 0 bridgehead atoms. The average molecular weight is 425 g/mol. The van der Waals surface area contributed by atoms with E-state index >= 15 is 0 Å². The molecule has 2 heterocycles. The number of rotatable bonds is 5. The molecule has 0 saturated heterocycles. The predicted molar refractivity (Wildman–Crippen MR) is 123 cm³/mol. The first-order chi connectivity index (χ1) is 15.6. The number of carbonyl (C=O) groups is 1. The van der Waals surface area contributed by atoms with Crippen molar-refractivity contribution < 1.29 is 13.9 Å². The van der Waals surface area contributed by atoms with Crippen LogP contribution in [0.1, 0.15) is 5.56 Å². The molecule has 3 aromatic carbocycles. The van der Waals surface area contributed by atoms with Gasteiger partial charge in [0.2, 0.25) is 5.95 Å². The first-order valence-corrected chi connectivity index (χ1v) is 10.1. The van der Waals surface area contributed by atoms with Crippen LogP contribution in [0.3, 0.4) is 0 Å². The van der Waals surface area contributed by atoms with Crippen LogP contribution >= 0.6 is 0 Å². The molecule has 0 saturated carbocycles. The molecular weight excluding hydrogens is 406 g/mol. The van der Waals surface area contributed by atoms with Crippen molar-refractivity contribution in [3.8, 4) is 16.9 Å². The third-order valence-corrected chi connectivity index (χ3v) is 5.20. The molecule has 5 aromatic rings. The minimum absolute atomic E-state index is 0.216. The van der Waals surface area contributed by atoms with Gasteiger partial charge in [0, 0.05) is 17.0 Å². The number of amides is 1. The Morgan fingerprint density at radius 1 is 1.06 bits per heavy atom. The number of aromatic amines is 1. The fourth-order valence-corrected chi connectivity index (χ4v) is 3.68. The molecule has 0 aliphatic heterocycles. The zero-order chi connectivity index (χ0) is 22.1. The average Bonchev–Trinajstić information content (AvgIpc) is 3.21. The SMILES string of the molecule is Cc1c(OCC(=O)Nc2nc3ccccc3[nH]2)ccc2c(-c3ccccc3)cc(=O)oc12. The van der Waals surface area contributed by atoms with E-state index < -0.39 is 5.63 Å². The highest BCUT2D eigenvalue weighted by Gasteiger charge is 2.14. The van der Waals surface area contributed by atoms with Gasteiger partial charge in [0.1, 0.15) is 11.3 Å². The number of imidazole rings is 1. The van der Waals surface area contributed by atoms with Crippen LogP contribution < -0.4 is 15.7 Å². The van der Waals surface area contributed by atoms with Crippen molar-refractivity contribution in [2.75, 3.05) is 11.9 Å². The summed E-state index contributed by atoms with van der Waals surface area (Å²) in [6.07, 6.45) is 0. The van der Waals surface area contributed by atoms with E-state index in [2.05, 4.69) is 15.3 Å². The molecule has 0 aliphatic rings. The second-order valence-electron chi connectivity index (χ2n) is 7.35. The number of aromatic nitrogens is 2. The number of hydrogen-bond donors (Lipinski definition) is 2. The van der Waals surface area contributed by atoms with Crippen LogP contribution in [0.25, 0.3) is 33.1 Å². The lowest BCUT2D eigenvalue weighted by atomic mass is 10.0. The first-order valence-electron chi connectivity index (χ1n) is 10.1. The summed E-state index contributed by atoms with van der Waals surface area (Å²) in [5.41, 5.74) is 3.94. The van der Waals surface area contributed by atoms with Gasteiger partial charge in [-0.1, -0.05) is 42.5 Å². The van der Waals surface area contributed by atoms with E-state index in [-0.39, 0.29) is 12.5 Å². The van der Waals surface area contributed by atoms with E-state index in [1.165, 1.54) is 6.07 Å². The highest BCUT2D eigenvalue weighted by atomic mass is 16.5. The Kier molecular flexibility index (Phi) is 4.91. The molecule has 2 aromatic heterocycles. The molecule has 0 unspecified atom stereocenters. The number of hydrogen-bond acceptors (Lipinski definition) is 5. The van der Waals surface area contributed by atoms with Gasteiger partial charge in [0.05, 0.1) is 11.0 Å². The Morgan fingerprint density at radius 3 is 2.66 bits per heavy atom. The summed E-state index contributed by atoms with van der Waals surface area (Å²) >= 11 is 0. The van der Waals surface area contributed by atoms with Gasteiger partial charge >= 0.3 is 5.63 Å². The highest BCUT2D eigenvalue weighted by Crippen LogP contribution is 2.33. The lowest BCUT2D eigenvalue weighted by Crippen LogP contribution is -2.21. The molecule has 0 radical (unpaired) electrons. The molecule has 7 heteroatoms.